The molecule has 0 saturated carbocycles. The molecule has 0 radical (unpaired) electrons. The van der Waals surface area contributed by atoms with Crippen LogP contribution in [0, 0.1) is 12.7 Å². The van der Waals surface area contributed by atoms with Crippen molar-refractivity contribution in [3.63, 3.8) is 0 Å². The van der Waals surface area contributed by atoms with Crippen LogP contribution in [0.2, 0.25) is 0 Å². The number of halogens is 1. The first-order valence-electron chi connectivity index (χ1n) is 6.74. The largest absolute Gasteiger partial charge is 0.313 e. The molecule has 0 amide bonds. The van der Waals surface area contributed by atoms with Gasteiger partial charge in [-0.3, -0.25) is 9.36 Å². The van der Waals surface area contributed by atoms with Crippen LogP contribution in [0.4, 0.5) is 4.39 Å². The molecule has 0 aliphatic rings. The van der Waals surface area contributed by atoms with E-state index < -0.39 is 20.7 Å². The molecular formula is C15H12FN3O3S2. The van der Waals surface area contributed by atoms with Gasteiger partial charge in [0, 0.05) is 16.6 Å². The van der Waals surface area contributed by atoms with E-state index in [0.29, 0.717) is 17.1 Å². The number of nitrogens with two attached hydrogens (primary N) is 1. The molecular weight excluding hydrogens is 353 g/mol. The summed E-state index contributed by atoms with van der Waals surface area (Å²) in [4.78, 5) is 15.6. The lowest BCUT2D eigenvalue weighted by molar-refractivity contribution is 0.568. The summed E-state index contributed by atoms with van der Waals surface area (Å²) < 4.78 is 38.0. The molecule has 0 spiro atoms. The summed E-state index contributed by atoms with van der Waals surface area (Å²) in [6, 6.07) is 8.73. The molecule has 2 heterocycles. The van der Waals surface area contributed by atoms with Crippen LogP contribution < -0.4 is 10.0 Å². The highest BCUT2D eigenvalue weighted by Gasteiger charge is 2.18. The Kier molecular flexibility index (Phi) is 4.08. The lowest BCUT2D eigenvalue weighted by Crippen LogP contribution is -2.15. The molecule has 0 aliphatic heterocycles. The van der Waals surface area contributed by atoms with Crippen LogP contribution in [0.25, 0.3) is 17.1 Å². The maximum Gasteiger partial charge on any atom is 0.313 e. The second-order valence-corrected chi connectivity index (χ2v) is 7.40. The number of thiazole rings is 1. The molecule has 0 atom stereocenters. The van der Waals surface area contributed by atoms with Gasteiger partial charge in [0.25, 0.3) is 0 Å². The third-order valence-corrected chi connectivity index (χ3v) is 5.00. The van der Waals surface area contributed by atoms with Crippen molar-refractivity contribution in [3.8, 4) is 17.1 Å². The van der Waals surface area contributed by atoms with E-state index in [9.17, 15) is 17.6 Å². The molecule has 9 heteroatoms. The monoisotopic (exact) mass is 365 g/mol. The summed E-state index contributed by atoms with van der Waals surface area (Å²) >= 11 is 0.944. The minimum atomic E-state index is -4.15. The zero-order valence-corrected chi connectivity index (χ0v) is 14.1. The van der Waals surface area contributed by atoms with Gasteiger partial charge in [0.1, 0.15) is 16.5 Å². The maximum absolute atomic E-state index is 14.1. The average Bonchev–Trinajstić information content (AvgIpc) is 2.87. The van der Waals surface area contributed by atoms with Gasteiger partial charge in [-0.05, 0) is 31.2 Å². The normalized spacial score (nSPS) is 11.6. The van der Waals surface area contributed by atoms with Crippen molar-refractivity contribution in [1.29, 1.82) is 0 Å². The molecule has 6 nitrogen and oxygen atoms in total. The standard InChI is InChI=1S/C15H12FN3O3S2/c1-9-3-2-4-14(18-9)19-12(8-23-15(19)20)10-5-6-13(11(16)7-10)24(17,21)22/h2-8H,1H3,(H2,17,21,22). The predicted molar refractivity (Wildman–Crippen MR) is 89.2 cm³/mol. The van der Waals surface area contributed by atoms with E-state index in [1.807, 2.05) is 0 Å². The van der Waals surface area contributed by atoms with E-state index in [0.717, 1.165) is 29.2 Å². The Bertz CT molecular complexity index is 1090. The first-order chi connectivity index (χ1) is 11.3. The molecule has 1 aromatic carbocycles. The van der Waals surface area contributed by atoms with Gasteiger partial charge in [-0.15, -0.1) is 0 Å². The molecule has 2 aromatic heterocycles. The smallest absolute Gasteiger partial charge is 0.256 e. The number of hydrogen-bond donors (Lipinski definition) is 1. The molecule has 0 bridgehead atoms. The zero-order valence-electron chi connectivity index (χ0n) is 12.4. The number of primary sulfonamides is 1. The average molecular weight is 365 g/mol. The summed E-state index contributed by atoms with van der Waals surface area (Å²) in [6.07, 6.45) is 0. The number of pyridine rings is 1. The third-order valence-electron chi connectivity index (χ3n) is 3.33. The fraction of sp³-hybridized carbons (Fsp3) is 0.0667. The van der Waals surface area contributed by atoms with E-state index in [-0.39, 0.29) is 4.87 Å². The quantitative estimate of drug-likeness (QED) is 0.768. The van der Waals surface area contributed by atoms with Crippen molar-refractivity contribution in [2.45, 2.75) is 11.8 Å². The Morgan fingerprint density at radius 1 is 1.25 bits per heavy atom. The van der Waals surface area contributed by atoms with Gasteiger partial charge in [0.05, 0.1) is 5.69 Å². The fourth-order valence-corrected chi connectivity index (χ4v) is 3.61. The highest BCUT2D eigenvalue weighted by atomic mass is 32.2. The van der Waals surface area contributed by atoms with Crippen LogP contribution in [0.1, 0.15) is 5.69 Å². The van der Waals surface area contributed by atoms with E-state index in [2.05, 4.69) is 4.98 Å². The number of hydrogen-bond acceptors (Lipinski definition) is 5. The van der Waals surface area contributed by atoms with Crippen molar-refractivity contribution in [3.05, 3.63) is 63.0 Å². The van der Waals surface area contributed by atoms with Gasteiger partial charge in [0.2, 0.25) is 10.0 Å². The lowest BCUT2D eigenvalue weighted by Gasteiger charge is -2.09. The Morgan fingerprint density at radius 3 is 2.62 bits per heavy atom. The third kappa shape index (κ3) is 3.01. The molecule has 124 valence electrons. The molecule has 0 aliphatic carbocycles. The van der Waals surface area contributed by atoms with Crippen molar-refractivity contribution >= 4 is 21.4 Å². The molecule has 3 rings (SSSR count). The van der Waals surface area contributed by atoms with Gasteiger partial charge in [-0.2, -0.15) is 0 Å². The van der Waals surface area contributed by atoms with Crippen LogP contribution in [-0.2, 0) is 10.0 Å². The summed E-state index contributed by atoms with van der Waals surface area (Å²) in [5.41, 5.74) is 1.50. The molecule has 3 aromatic rings. The number of aryl methyl sites for hydroxylation is 1. The van der Waals surface area contributed by atoms with Crippen LogP contribution in [0.3, 0.4) is 0 Å². The van der Waals surface area contributed by atoms with Crippen molar-refractivity contribution in [2.24, 2.45) is 5.14 Å². The Hall–Kier alpha value is -2.36. The van der Waals surface area contributed by atoms with E-state index in [4.69, 9.17) is 5.14 Å². The Balaban J connectivity index is 2.19. The minimum Gasteiger partial charge on any atom is -0.256 e. The summed E-state index contributed by atoms with van der Waals surface area (Å²) in [6.45, 7) is 1.79. The van der Waals surface area contributed by atoms with Crippen LogP contribution >= 0.6 is 11.3 Å². The van der Waals surface area contributed by atoms with Crippen LogP contribution in [0.5, 0.6) is 0 Å². The number of benzene rings is 1. The Morgan fingerprint density at radius 2 is 2.00 bits per heavy atom. The topological polar surface area (TPSA) is 95.0 Å². The lowest BCUT2D eigenvalue weighted by atomic mass is 10.1. The Labute approximate surface area is 141 Å². The maximum atomic E-state index is 14.1. The minimum absolute atomic E-state index is 0.279. The van der Waals surface area contributed by atoms with Gasteiger partial charge in [0.15, 0.2) is 0 Å². The molecule has 0 saturated heterocycles. The molecule has 0 unspecified atom stereocenters. The zero-order chi connectivity index (χ0) is 17.5. The number of sulfonamides is 1. The predicted octanol–water partition coefficient (Wildman–Crippen LogP) is 2.06. The van der Waals surface area contributed by atoms with Crippen LogP contribution in [-0.4, -0.2) is 18.0 Å². The molecule has 2 N–H and O–H groups in total. The number of nitrogens with zero attached hydrogens (tertiary/aromatic N) is 2. The van der Waals surface area contributed by atoms with Crippen molar-refractivity contribution < 1.29 is 12.8 Å². The highest BCUT2D eigenvalue weighted by Crippen LogP contribution is 2.26. The first kappa shape index (κ1) is 16.5. The van der Waals surface area contributed by atoms with E-state index in [1.54, 1.807) is 30.5 Å². The highest BCUT2D eigenvalue weighted by molar-refractivity contribution is 7.89. The second kappa shape index (κ2) is 5.93. The van der Waals surface area contributed by atoms with Crippen molar-refractivity contribution in [2.75, 3.05) is 0 Å². The van der Waals surface area contributed by atoms with Gasteiger partial charge < -0.3 is 0 Å². The molecule has 0 fully saturated rings. The van der Waals surface area contributed by atoms with Gasteiger partial charge >= 0.3 is 4.87 Å². The van der Waals surface area contributed by atoms with E-state index in [1.165, 1.54) is 10.6 Å². The van der Waals surface area contributed by atoms with Gasteiger partial charge in [-0.1, -0.05) is 23.5 Å². The van der Waals surface area contributed by atoms with Crippen molar-refractivity contribution in [1.82, 2.24) is 9.55 Å². The summed E-state index contributed by atoms with van der Waals surface area (Å²) in [5.74, 6) is -0.565. The second-order valence-electron chi connectivity index (χ2n) is 5.05. The number of rotatable bonds is 3. The van der Waals surface area contributed by atoms with Crippen LogP contribution in [0.15, 0.2) is 51.5 Å². The SMILES string of the molecule is Cc1cccc(-n2c(-c3ccc(S(N)(=O)=O)c(F)c3)csc2=O)n1. The summed E-state index contributed by atoms with van der Waals surface area (Å²) in [7, 11) is -4.15. The summed E-state index contributed by atoms with van der Waals surface area (Å²) in [5, 5.41) is 6.52. The number of aromatic nitrogens is 2. The molecule has 24 heavy (non-hydrogen) atoms. The van der Waals surface area contributed by atoms with E-state index >= 15 is 0 Å². The fourth-order valence-electron chi connectivity index (χ4n) is 2.27. The first-order valence-corrected chi connectivity index (χ1v) is 9.17. The van der Waals surface area contributed by atoms with Gasteiger partial charge in [-0.25, -0.2) is 22.9 Å².